The van der Waals surface area contributed by atoms with Gasteiger partial charge in [0.05, 0.1) is 12.9 Å². The summed E-state index contributed by atoms with van der Waals surface area (Å²) >= 11 is 0. The van der Waals surface area contributed by atoms with E-state index in [0.29, 0.717) is 24.3 Å². The number of alkyl halides is 1. The third kappa shape index (κ3) is 1.44. The number of rotatable bonds is 3. The van der Waals surface area contributed by atoms with E-state index in [4.69, 9.17) is 14.9 Å². The summed E-state index contributed by atoms with van der Waals surface area (Å²) in [6.45, 7) is 0.649. The van der Waals surface area contributed by atoms with Gasteiger partial charge in [0.25, 0.3) is 0 Å². The normalized spacial score (nSPS) is 14.0. The van der Waals surface area contributed by atoms with Crippen molar-refractivity contribution >= 4 is 11.0 Å². The Labute approximate surface area is 98.3 Å². The van der Waals surface area contributed by atoms with Crippen molar-refractivity contribution < 1.29 is 13.5 Å². The Morgan fingerprint density at radius 3 is 3.00 bits per heavy atom. The molecule has 0 bridgehead atoms. The lowest BCUT2D eigenvalue weighted by atomic mass is 9.96. The zero-order valence-electron chi connectivity index (χ0n) is 9.46. The lowest BCUT2D eigenvalue weighted by Gasteiger charge is -2.11. The number of hydrogen-bond acceptors (Lipinski definition) is 3. The molecule has 0 radical (unpaired) electrons. The molecule has 0 saturated carbocycles. The fourth-order valence-electron chi connectivity index (χ4n) is 2.59. The Bertz CT molecular complexity index is 562. The maximum atomic E-state index is 13.2. The first-order valence-electron chi connectivity index (χ1n) is 5.79. The van der Waals surface area contributed by atoms with E-state index in [0.717, 1.165) is 35.1 Å². The molecule has 3 nitrogen and oxygen atoms in total. The fraction of sp³-hybridized carbons (Fsp3) is 0.385. The first-order valence-corrected chi connectivity index (χ1v) is 5.79. The van der Waals surface area contributed by atoms with Crippen molar-refractivity contribution in [3.05, 3.63) is 29.0 Å². The molecule has 0 unspecified atom stereocenters. The number of furan rings is 1. The van der Waals surface area contributed by atoms with Crippen LogP contribution in [0.25, 0.3) is 11.0 Å². The van der Waals surface area contributed by atoms with E-state index in [2.05, 4.69) is 0 Å². The van der Waals surface area contributed by atoms with Crippen LogP contribution in [-0.2, 0) is 19.5 Å². The van der Waals surface area contributed by atoms with Crippen LogP contribution in [0.3, 0.4) is 0 Å². The quantitative estimate of drug-likeness (QED) is 0.888. The molecule has 1 aromatic carbocycles. The van der Waals surface area contributed by atoms with Crippen molar-refractivity contribution in [1.82, 2.24) is 0 Å². The third-order valence-corrected chi connectivity index (χ3v) is 3.30. The van der Waals surface area contributed by atoms with Crippen molar-refractivity contribution in [2.45, 2.75) is 19.5 Å². The van der Waals surface area contributed by atoms with Gasteiger partial charge in [0.1, 0.15) is 18.0 Å². The molecule has 0 atom stereocenters. The number of halogens is 1. The van der Waals surface area contributed by atoms with Gasteiger partial charge in [-0.05, 0) is 19.0 Å². The van der Waals surface area contributed by atoms with Crippen LogP contribution in [0.4, 0.5) is 4.39 Å². The standard InChI is InChI=1S/C13H14FNO2/c14-7-11-10-3-6-16-12(10)8(1-4-15)9-2-5-17-13(9)11/h2,5H,1,3-4,6-7,15H2. The predicted octanol–water partition coefficient (Wildman–Crippen LogP) is 2.34. The van der Waals surface area contributed by atoms with E-state index >= 15 is 0 Å². The van der Waals surface area contributed by atoms with E-state index in [1.807, 2.05) is 6.07 Å². The summed E-state index contributed by atoms with van der Waals surface area (Å²) in [5, 5.41) is 0.934. The highest BCUT2D eigenvalue weighted by molar-refractivity contribution is 5.88. The number of ether oxygens (including phenoxy) is 1. The Hall–Kier alpha value is -1.55. The van der Waals surface area contributed by atoms with Gasteiger partial charge in [-0.1, -0.05) is 0 Å². The molecule has 90 valence electrons. The molecule has 3 rings (SSSR count). The molecule has 1 aliphatic heterocycles. The van der Waals surface area contributed by atoms with E-state index < -0.39 is 6.67 Å². The molecule has 0 saturated heterocycles. The second kappa shape index (κ2) is 4.04. The number of nitrogens with two attached hydrogens (primary N) is 1. The van der Waals surface area contributed by atoms with Crippen molar-refractivity contribution in [3.63, 3.8) is 0 Å². The summed E-state index contributed by atoms with van der Waals surface area (Å²) in [6, 6.07) is 1.86. The molecule has 1 aliphatic rings. The number of fused-ring (bicyclic) bond motifs is 2. The molecule has 0 fully saturated rings. The zero-order valence-corrected chi connectivity index (χ0v) is 9.46. The minimum atomic E-state index is -0.515. The monoisotopic (exact) mass is 235 g/mol. The fourth-order valence-corrected chi connectivity index (χ4v) is 2.59. The van der Waals surface area contributed by atoms with Crippen molar-refractivity contribution in [2.75, 3.05) is 13.2 Å². The number of benzene rings is 1. The number of hydrogen-bond donors (Lipinski definition) is 1. The second-order valence-corrected chi connectivity index (χ2v) is 4.20. The van der Waals surface area contributed by atoms with Gasteiger partial charge in [-0.2, -0.15) is 0 Å². The molecule has 0 amide bonds. The van der Waals surface area contributed by atoms with Crippen LogP contribution in [-0.4, -0.2) is 13.2 Å². The first-order chi connectivity index (χ1) is 8.36. The summed E-state index contributed by atoms with van der Waals surface area (Å²) < 4.78 is 24.2. The summed E-state index contributed by atoms with van der Waals surface area (Å²) in [5.41, 5.74) is 8.93. The average Bonchev–Trinajstić information content (AvgIpc) is 2.96. The van der Waals surface area contributed by atoms with Crippen LogP contribution in [0.5, 0.6) is 5.75 Å². The van der Waals surface area contributed by atoms with Gasteiger partial charge in [-0.15, -0.1) is 0 Å². The van der Waals surface area contributed by atoms with Gasteiger partial charge < -0.3 is 14.9 Å². The maximum Gasteiger partial charge on any atom is 0.140 e. The maximum absolute atomic E-state index is 13.2. The average molecular weight is 235 g/mol. The largest absolute Gasteiger partial charge is 0.493 e. The van der Waals surface area contributed by atoms with Crippen LogP contribution in [0.2, 0.25) is 0 Å². The summed E-state index contributed by atoms with van der Waals surface area (Å²) in [6.07, 6.45) is 3.08. The molecule has 2 aromatic rings. The van der Waals surface area contributed by atoms with E-state index in [1.165, 1.54) is 0 Å². The smallest absolute Gasteiger partial charge is 0.140 e. The SMILES string of the molecule is NCCc1c2c(c(CF)c3occc13)CCO2. The molecule has 2 heterocycles. The molecule has 4 heteroatoms. The van der Waals surface area contributed by atoms with Gasteiger partial charge in [0.2, 0.25) is 0 Å². The highest BCUT2D eigenvalue weighted by Gasteiger charge is 2.25. The zero-order chi connectivity index (χ0) is 11.8. The van der Waals surface area contributed by atoms with Crippen LogP contribution in [0, 0.1) is 0 Å². The van der Waals surface area contributed by atoms with Gasteiger partial charge in [0.15, 0.2) is 0 Å². The Morgan fingerprint density at radius 1 is 1.35 bits per heavy atom. The topological polar surface area (TPSA) is 48.4 Å². The van der Waals surface area contributed by atoms with Crippen LogP contribution >= 0.6 is 0 Å². The predicted molar refractivity (Wildman–Crippen MR) is 63.0 cm³/mol. The molecule has 2 N–H and O–H groups in total. The Morgan fingerprint density at radius 2 is 2.24 bits per heavy atom. The highest BCUT2D eigenvalue weighted by atomic mass is 19.1. The van der Waals surface area contributed by atoms with E-state index in [-0.39, 0.29) is 0 Å². The summed E-state index contributed by atoms with van der Waals surface area (Å²) in [7, 11) is 0. The lowest BCUT2D eigenvalue weighted by Crippen LogP contribution is -2.05. The first kappa shape index (κ1) is 10.6. The van der Waals surface area contributed by atoms with Crippen molar-refractivity contribution in [3.8, 4) is 5.75 Å². The third-order valence-electron chi connectivity index (χ3n) is 3.30. The van der Waals surface area contributed by atoms with Crippen LogP contribution in [0.15, 0.2) is 16.7 Å². The summed E-state index contributed by atoms with van der Waals surface area (Å²) in [4.78, 5) is 0. The van der Waals surface area contributed by atoms with Crippen LogP contribution in [0.1, 0.15) is 16.7 Å². The molecule has 0 spiro atoms. The highest BCUT2D eigenvalue weighted by Crippen LogP contribution is 2.40. The Balaban J connectivity index is 2.35. The van der Waals surface area contributed by atoms with Crippen molar-refractivity contribution in [1.29, 1.82) is 0 Å². The van der Waals surface area contributed by atoms with Gasteiger partial charge in [-0.3, -0.25) is 0 Å². The second-order valence-electron chi connectivity index (χ2n) is 4.20. The Kier molecular flexibility index (Phi) is 2.52. The van der Waals surface area contributed by atoms with E-state index in [1.54, 1.807) is 6.26 Å². The molecular formula is C13H14FNO2. The molecule has 1 aromatic heterocycles. The minimum Gasteiger partial charge on any atom is -0.493 e. The van der Waals surface area contributed by atoms with Gasteiger partial charge in [0, 0.05) is 28.5 Å². The van der Waals surface area contributed by atoms with Gasteiger partial charge in [-0.25, -0.2) is 4.39 Å². The van der Waals surface area contributed by atoms with Crippen molar-refractivity contribution in [2.24, 2.45) is 5.73 Å². The van der Waals surface area contributed by atoms with E-state index in [9.17, 15) is 4.39 Å². The molecule has 17 heavy (non-hydrogen) atoms. The lowest BCUT2D eigenvalue weighted by molar-refractivity contribution is 0.354. The minimum absolute atomic E-state index is 0.515. The molecular weight excluding hydrogens is 221 g/mol. The van der Waals surface area contributed by atoms with Gasteiger partial charge >= 0.3 is 0 Å². The van der Waals surface area contributed by atoms with Crippen LogP contribution < -0.4 is 10.5 Å². The summed E-state index contributed by atoms with van der Waals surface area (Å²) in [5.74, 6) is 0.831. The molecule has 0 aliphatic carbocycles.